The number of aromatic hydroxyl groups is 1. The fourth-order valence-corrected chi connectivity index (χ4v) is 3.16. The van der Waals surface area contributed by atoms with Crippen LogP contribution in [0.1, 0.15) is 16.6 Å². The van der Waals surface area contributed by atoms with E-state index in [1.54, 1.807) is 18.2 Å². The van der Waals surface area contributed by atoms with Gasteiger partial charge >= 0.3 is 0 Å². The molecule has 0 bridgehead atoms. The Bertz CT molecular complexity index is 727. The Kier molecular flexibility index (Phi) is 3.94. The molecule has 0 radical (unpaired) electrons. The van der Waals surface area contributed by atoms with Crippen molar-refractivity contribution in [3.8, 4) is 16.3 Å². The molecule has 0 aliphatic carbocycles. The van der Waals surface area contributed by atoms with Crippen LogP contribution in [0.4, 0.5) is 0 Å². The third-order valence-electron chi connectivity index (χ3n) is 3.20. The molecule has 1 atom stereocenters. The number of hydrogen-bond acceptors (Lipinski definition) is 5. The summed E-state index contributed by atoms with van der Waals surface area (Å²) in [7, 11) is 1.91. The van der Waals surface area contributed by atoms with Gasteiger partial charge < -0.3 is 10.4 Å². The van der Waals surface area contributed by atoms with Gasteiger partial charge in [0.1, 0.15) is 15.8 Å². The second-order valence-corrected chi connectivity index (χ2v) is 5.64. The zero-order valence-electron chi connectivity index (χ0n) is 11.5. The molecule has 0 spiro atoms. The number of hydrogen-bond donors (Lipinski definition) is 2. The fraction of sp³-hybridized carbons (Fsp3) is 0.125. The molecule has 0 saturated heterocycles. The van der Waals surface area contributed by atoms with Gasteiger partial charge in [0.2, 0.25) is 0 Å². The molecule has 0 saturated carbocycles. The molecule has 0 aliphatic heterocycles. The summed E-state index contributed by atoms with van der Waals surface area (Å²) in [6.45, 7) is 0. The van der Waals surface area contributed by atoms with Crippen LogP contribution in [0, 0.1) is 0 Å². The van der Waals surface area contributed by atoms with Crippen LogP contribution in [0.2, 0.25) is 0 Å². The highest BCUT2D eigenvalue weighted by Gasteiger charge is 2.17. The number of phenols is 1. The molecule has 1 unspecified atom stereocenters. The maximum Gasteiger partial charge on any atom is 0.148 e. The molecule has 5 heteroatoms. The Balaban J connectivity index is 1.94. The van der Waals surface area contributed by atoms with Crippen molar-refractivity contribution < 1.29 is 5.11 Å². The third-order valence-corrected chi connectivity index (χ3v) is 4.24. The first-order valence-corrected chi connectivity index (χ1v) is 7.44. The van der Waals surface area contributed by atoms with Gasteiger partial charge in [-0.05, 0) is 24.7 Å². The van der Waals surface area contributed by atoms with Crippen LogP contribution < -0.4 is 5.32 Å². The predicted molar refractivity (Wildman–Crippen MR) is 84.4 cm³/mol. The van der Waals surface area contributed by atoms with Crippen LogP contribution in [0.15, 0.2) is 54.6 Å². The van der Waals surface area contributed by atoms with E-state index in [4.69, 9.17) is 0 Å². The monoisotopic (exact) mass is 297 g/mol. The van der Waals surface area contributed by atoms with E-state index in [2.05, 4.69) is 27.6 Å². The lowest BCUT2D eigenvalue weighted by Crippen LogP contribution is -2.17. The van der Waals surface area contributed by atoms with Crippen molar-refractivity contribution in [1.29, 1.82) is 0 Å². The topological polar surface area (TPSA) is 58.0 Å². The van der Waals surface area contributed by atoms with Crippen LogP contribution in [-0.4, -0.2) is 22.4 Å². The highest BCUT2D eigenvalue weighted by Crippen LogP contribution is 2.30. The Morgan fingerprint density at radius 3 is 2.57 bits per heavy atom. The zero-order chi connectivity index (χ0) is 14.7. The standard InChI is InChI=1S/C16H15N3OS/c1-17-14(11-6-3-2-4-7-11)16-19-18-15(21-16)12-8-5-9-13(20)10-12/h2-10,14,17,20H,1H3. The summed E-state index contributed by atoms with van der Waals surface area (Å²) in [5, 5.41) is 23.1. The van der Waals surface area contributed by atoms with Gasteiger partial charge in [-0.25, -0.2) is 0 Å². The first-order chi connectivity index (χ1) is 10.3. The van der Waals surface area contributed by atoms with E-state index in [0.29, 0.717) is 0 Å². The molecule has 4 nitrogen and oxygen atoms in total. The van der Waals surface area contributed by atoms with E-state index in [0.717, 1.165) is 21.1 Å². The molecular formula is C16H15N3OS. The van der Waals surface area contributed by atoms with Crippen molar-refractivity contribution in [2.24, 2.45) is 0 Å². The highest BCUT2D eigenvalue weighted by atomic mass is 32.1. The third kappa shape index (κ3) is 2.94. The number of aromatic nitrogens is 2. The van der Waals surface area contributed by atoms with Crippen molar-refractivity contribution in [1.82, 2.24) is 15.5 Å². The van der Waals surface area contributed by atoms with Crippen LogP contribution in [0.5, 0.6) is 5.75 Å². The molecular weight excluding hydrogens is 282 g/mol. The summed E-state index contributed by atoms with van der Waals surface area (Å²) in [6.07, 6.45) is 0. The Hall–Kier alpha value is -2.24. The lowest BCUT2D eigenvalue weighted by Gasteiger charge is -2.12. The fourth-order valence-electron chi connectivity index (χ4n) is 2.19. The summed E-state index contributed by atoms with van der Waals surface area (Å²) in [5.41, 5.74) is 2.03. The lowest BCUT2D eigenvalue weighted by atomic mass is 10.1. The van der Waals surface area contributed by atoms with E-state index in [1.165, 1.54) is 11.3 Å². The van der Waals surface area contributed by atoms with Crippen molar-refractivity contribution >= 4 is 11.3 Å². The first kappa shape index (κ1) is 13.7. The molecule has 2 aromatic carbocycles. The average Bonchev–Trinajstić information content (AvgIpc) is 2.99. The second-order valence-electron chi connectivity index (χ2n) is 4.63. The number of rotatable bonds is 4. The van der Waals surface area contributed by atoms with E-state index in [-0.39, 0.29) is 11.8 Å². The zero-order valence-corrected chi connectivity index (χ0v) is 12.3. The van der Waals surface area contributed by atoms with Gasteiger partial charge in [-0.1, -0.05) is 53.8 Å². The minimum absolute atomic E-state index is 0.0229. The van der Waals surface area contributed by atoms with Crippen LogP contribution in [0.3, 0.4) is 0 Å². The van der Waals surface area contributed by atoms with E-state index < -0.39 is 0 Å². The van der Waals surface area contributed by atoms with Crippen molar-refractivity contribution in [2.75, 3.05) is 7.05 Å². The Labute approximate surface area is 127 Å². The highest BCUT2D eigenvalue weighted by molar-refractivity contribution is 7.14. The predicted octanol–water partition coefficient (Wildman–Crippen LogP) is 3.22. The normalized spacial score (nSPS) is 12.2. The summed E-state index contributed by atoms with van der Waals surface area (Å²) in [6, 6.07) is 17.2. The summed E-state index contributed by atoms with van der Waals surface area (Å²) in [5.74, 6) is 0.234. The molecule has 3 rings (SSSR count). The maximum absolute atomic E-state index is 9.56. The SMILES string of the molecule is CNC(c1ccccc1)c1nnc(-c2cccc(O)c2)s1. The van der Waals surface area contributed by atoms with Crippen LogP contribution in [0.25, 0.3) is 10.6 Å². The molecule has 0 aliphatic rings. The molecule has 0 fully saturated rings. The van der Waals surface area contributed by atoms with Gasteiger partial charge in [-0.2, -0.15) is 0 Å². The van der Waals surface area contributed by atoms with E-state index in [1.807, 2.05) is 31.3 Å². The van der Waals surface area contributed by atoms with Crippen molar-refractivity contribution in [3.05, 3.63) is 65.2 Å². The molecule has 21 heavy (non-hydrogen) atoms. The maximum atomic E-state index is 9.56. The van der Waals surface area contributed by atoms with E-state index in [9.17, 15) is 5.11 Å². The summed E-state index contributed by atoms with van der Waals surface area (Å²) < 4.78 is 0. The number of benzene rings is 2. The number of nitrogens with one attached hydrogen (secondary N) is 1. The smallest absolute Gasteiger partial charge is 0.148 e. The average molecular weight is 297 g/mol. The summed E-state index contributed by atoms with van der Waals surface area (Å²) >= 11 is 1.53. The lowest BCUT2D eigenvalue weighted by molar-refractivity contribution is 0.475. The quantitative estimate of drug-likeness (QED) is 0.776. The van der Waals surface area contributed by atoms with Gasteiger partial charge in [0.15, 0.2) is 0 Å². The second kappa shape index (κ2) is 6.03. The number of phenolic OH excluding ortho intramolecular Hbond substituents is 1. The molecule has 3 aromatic rings. The molecule has 1 aromatic heterocycles. The van der Waals surface area contributed by atoms with Gasteiger partial charge in [0, 0.05) is 5.56 Å². The molecule has 106 valence electrons. The minimum Gasteiger partial charge on any atom is -0.508 e. The number of nitrogens with zero attached hydrogens (tertiary/aromatic N) is 2. The Morgan fingerprint density at radius 2 is 1.86 bits per heavy atom. The van der Waals surface area contributed by atoms with Crippen molar-refractivity contribution in [2.45, 2.75) is 6.04 Å². The Morgan fingerprint density at radius 1 is 1.05 bits per heavy atom. The summed E-state index contributed by atoms with van der Waals surface area (Å²) in [4.78, 5) is 0. The molecule has 0 amide bonds. The first-order valence-electron chi connectivity index (χ1n) is 6.63. The van der Waals surface area contributed by atoms with Gasteiger partial charge in [0.25, 0.3) is 0 Å². The molecule has 1 heterocycles. The van der Waals surface area contributed by atoms with E-state index >= 15 is 0 Å². The van der Waals surface area contributed by atoms with Crippen LogP contribution in [-0.2, 0) is 0 Å². The van der Waals surface area contributed by atoms with Crippen LogP contribution >= 0.6 is 11.3 Å². The molecule has 2 N–H and O–H groups in total. The largest absolute Gasteiger partial charge is 0.508 e. The van der Waals surface area contributed by atoms with Crippen molar-refractivity contribution in [3.63, 3.8) is 0 Å². The van der Waals surface area contributed by atoms with Gasteiger partial charge in [0.05, 0.1) is 6.04 Å². The van der Waals surface area contributed by atoms with Gasteiger partial charge in [-0.3, -0.25) is 0 Å². The van der Waals surface area contributed by atoms with Gasteiger partial charge in [-0.15, -0.1) is 10.2 Å². The minimum atomic E-state index is 0.0229.